The summed E-state index contributed by atoms with van der Waals surface area (Å²) in [6.45, 7) is 4.56. The number of carboxylic acid groups (broad SMARTS) is 1. The average molecular weight is 759 g/mol. The van der Waals surface area contributed by atoms with Crippen LogP contribution in [-0.4, -0.2) is 23.1 Å². The minimum absolute atomic E-state index is 0.00490. The molecule has 0 bridgehead atoms. The van der Waals surface area contributed by atoms with Crippen LogP contribution >= 0.6 is 0 Å². The van der Waals surface area contributed by atoms with Crippen LogP contribution in [0.25, 0.3) is 0 Å². The first-order chi connectivity index (χ1) is 26.6. The average Bonchev–Trinajstić information content (AvgIpc) is 3.16. The molecule has 1 N–H and O–H groups in total. The normalized spacial score (nSPS) is 12.3. The van der Waals surface area contributed by atoms with Gasteiger partial charge in [0.05, 0.1) is 0 Å². The molecule has 54 heavy (non-hydrogen) atoms. The van der Waals surface area contributed by atoms with Gasteiger partial charge in [0.2, 0.25) is 0 Å². The summed E-state index contributed by atoms with van der Waals surface area (Å²) < 4.78 is 6.05. The summed E-state index contributed by atoms with van der Waals surface area (Å²) in [5, 5.41) is 8.86. The SMILES string of the molecule is CCCCCCC/C=C\C/C=C\CCCCCCCCCCCC(=O)OC(CCCCCCCCCCCCCCCCC)CCCCCCCC(=O)O. The summed E-state index contributed by atoms with van der Waals surface area (Å²) in [6, 6.07) is 0. The number of allylic oxidation sites excluding steroid dienone is 4. The predicted molar refractivity (Wildman–Crippen MR) is 236 cm³/mol. The molecule has 0 amide bonds. The Bertz CT molecular complexity index is 817. The molecule has 0 aliphatic rings. The lowest BCUT2D eigenvalue weighted by molar-refractivity contribution is -0.150. The van der Waals surface area contributed by atoms with E-state index in [1.807, 2.05) is 0 Å². The molecule has 0 aromatic rings. The number of carbonyl (C=O) groups is 2. The molecule has 0 saturated heterocycles. The van der Waals surface area contributed by atoms with E-state index in [1.165, 1.54) is 180 Å². The fraction of sp³-hybridized carbons (Fsp3) is 0.880. The lowest BCUT2D eigenvalue weighted by Gasteiger charge is -2.18. The van der Waals surface area contributed by atoms with Crippen molar-refractivity contribution in [1.82, 2.24) is 0 Å². The highest BCUT2D eigenvalue weighted by Gasteiger charge is 2.14. The van der Waals surface area contributed by atoms with Gasteiger partial charge in [-0.2, -0.15) is 0 Å². The zero-order valence-electron chi connectivity index (χ0n) is 36.6. The molecule has 0 spiro atoms. The van der Waals surface area contributed by atoms with Gasteiger partial charge in [0.25, 0.3) is 0 Å². The van der Waals surface area contributed by atoms with E-state index in [9.17, 15) is 9.59 Å². The van der Waals surface area contributed by atoms with E-state index >= 15 is 0 Å². The van der Waals surface area contributed by atoms with Crippen LogP contribution in [0.5, 0.6) is 0 Å². The van der Waals surface area contributed by atoms with Crippen molar-refractivity contribution in [1.29, 1.82) is 0 Å². The van der Waals surface area contributed by atoms with Gasteiger partial charge in [-0.3, -0.25) is 9.59 Å². The monoisotopic (exact) mass is 759 g/mol. The molecule has 0 aromatic heterocycles. The highest BCUT2D eigenvalue weighted by Crippen LogP contribution is 2.19. The van der Waals surface area contributed by atoms with Gasteiger partial charge in [-0.15, -0.1) is 0 Å². The van der Waals surface area contributed by atoms with Gasteiger partial charge in [-0.05, 0) is 70.6 Å². The molecule has 1 atom stereocenters. The maximum absolute atomic E-state index is 12.8. The molecule has 0 fully saturated rings. The third kappa shape index (κ3) is 44.8. The Morgan fingerprint density at radius 2 is 0.722 bits per heavy atom. The quantitative estimate of drug-likeness (QED) is 0.0382. The Morgan fingerprint density at radius 1 is 0.407 bits per heavy atom. The highest BCUT2D eigenvalue weighted by molar-refractivity contribution is 5.69. The van der Waals surface area contributed by atoms with E-state index in [4.69, 9.17) is 9.84 Å². The number of ether oxygens (including phenoxy) is 1. The molecule has 4 nitrogen and oxygen atoms in total. The van der Waals surface area contributed by atoms with Gasteiger partial charge in [0.1, 0.15) is 6.10 Å². The summed E-state index contributed by atoms with van der Waals surface area (Å²) in [7, 11) is 0. The molecular weight excluding hydrogens is 665 g/mol. The Morgan fingerprint density at radius 3 is 1.09 bits per heavy atom. The van der Waals surface area contributed by atoms with E-state index in [0.29, 0.717) is 6.42 Å². The van der Waals surface area contributed by atoms with Crippen LogP contribution in [0.1, 0.15) is 277 Å². The molecule has 0 aromatic carbocycles. The maximum Gasteiger partial charge on any atom is 0.306 e. The van der Waals surface area contributed by atoms with Crippen LogP contribution in [0.3, 0.4) is 0 Å². The Labute approximate surface area is 337 Å². The molecule has 0 aliphatic heterocycles. The minimum atomic E-state index is -0.697. The minimum Gasteiger partial charge on any atom is -0.481 e. The van der Waals surface area contributed by atoms with E-state index in [0.717, 1.165) is 70.6 Å². The van der Waals surface area contributed by atoms with Gasteiger partial charge in [-0.25, -0.2) is 0 Å². The van der Waals surface area contributed by atoms with Crippen LogP contribution in [0.15, 0.2) is 24.3 Å². The number of aliphatic carboxylic acids is 1. The lowest BCUT2D eigenvalue weighted by atomic mass is 10.0. The van der Waals surface area contributed by atoms with Crippen LogP contribution in [-0.2, 0) is 14.3 Å². The fourth-order valence-electron chi connectivity index (χ4n) is 7.57. The number of hydrogen-bond acceptors (Lipinski definition) is 3. The van der Waals surface area contributed by atoms with Crippen molar-refractivity contribution in [3.05, 3.63) is 24.3 Å². The van der Waals surface area contributed by atoms with Crippen molar-refractivity contribution >= 4 is 11.9 Å². The number of carboxylic acids is 1. The zero-order valence-corrected chi connectivity index (χ0v) is 36.6. The third-order valence-electron chi connectivity index (χ3n) is 11.2. The first kappa shape index (κ1) is 52.4. The van der Waals surface area contributed by atoms with Gasteiger partial charge >= 0.3 is 11.9 Å². The molecule has 4 heteroatoms. The topological polar surface area (TPSA) is 63.6 Å². The van der Waals surface area contributed by atoms with E-state index in [1.54, 1.807) is 0 Å². The smallest absolute Gasteiger partial charge is 0.306 e. The van der Waals surface area contributed by atoms with Crippen molar-refractivity contribution in [2.75, 3.05) is 0 Å². The predicted octanol–water partition coefficient (Wildman–Crippen LogP) is 17.1. The molecule has 0 heterocycles. The number of esters is 1. The van der Waals surface area contributed by atoms with Gasteiger partial charge in [0.15, 0.2) is 0 Å². The summed E-state index contributed by atoms with van der Waals surface area (Å²) in [6.07, 6.45) is 59.4. The first-order valence-electron chi connectivity index (χ1n) is 24.3. The Hall–Kier alpha value is -1.58. The molecule has 1 unspecified atom stereocenters. The van der Waals surface area contributed by atoms with Crippen LogP contribution in [0, 0.1) is 0 Å². The summed E-state index contributed by atoms with van der Waals surface area (Å²) in [5.41, 5.74) is 0. The maximum atomic E-state index is 12.8. The number of hydrogen-bond donors (Lipinski definition) is 1. The summed E-state index contributed by atoms with van der Waals surface area (Å²) in [4.78, 5) is 23.5. The van der Waals surface area contributed by atoms with Crippen molar-refractivity contribution < 1.29 is 19.4 Å². The highest BCUT2D eigenvalue weighted by atomic mass is 16.5. The first-order valence-corrected chi connectivity index (χ1v) is 24.3. The number of rotatable bonds is 45. The molecule has 0 aliphatic carbocycles. The Balaban J connectivity index is 3.94. The van der Waals surface area contributed by atoms with Crippen LogP contribution in [0.4, 0.5) is 0 Å². The molecule has 0 rings (SSSR count). The van der Waals surface area contributed by atoms with Crippen molar-refractivity contribution in [2.45, 2.75) is 283 Å². The lowest BCUT2D eigenvalue weighted by Crippen LogP contribution is -2.18. The largest absolute Gasteiger partial charge is 0.481 e. The van der Waals surface area contributed by atoms with Crippen molar-refractivity contribution in [2.24, 2.45) is 0 Å². The second-order valence-corrected chi connectivity index (χ2v) is 16.7. The second-order valence-electron chi connectivity index (χ2n) is 16.7. The van der Waals surface area contributed by atoms with Crippen LogP contribution in [0.2, 0.25) is 0 Å². The number of unbranched alkanes of at least 4 members (excludes halogenated alkanes) is 32. The summed E-state index contributed by atoms with van der Waals surface area (Å²) >= 11 is 0. The number of carbonyl (C=O) groups excluding carboxylic acids is 1. The fourth-order valence-corrected chi connectivity index (χ4v) is 7.57. The van der Waals surface area contributed by atoms with Gasteiger partial charge < -0.3 is 9.84 Å². The van der Waals surface area contributed by atoms with E-state index in [-0.39, 0.29) is 18.5 Å². The Kier molecular flexibility index (Phi) is 44.5. The van der Waals surface area contributed by atoms with Gasteiger partial charge in [0, 0.05) is 12.8 Å². The van der Waals surface area contributed by atoms with Crippen molar-refractivity contribution in [3.63, 3.8) is 0 Å². The molecule has 0 radical (unpaired) electrons. The molecular formula is C50H94O4. The second kappa shape index (κ2) is 45.8. The zero-order chi connectivity index (χ0) is 39.3. The van der Waals surface area contributed by atoms with Gasteiger partial charge in [-0.1, -0.05) is 218 Å². The van der Waals surface area contributed by atoms with Crippen molar-refractivity contribution in [3.8, 4) is 0 Å². The standard InChI is InChI=1S/C50H94O4/c1-3-5-7-9-11-13-15-17-19-20-21-22-23-24-26-28-30-32-34-39-43-47-50(53)54-48(45-41-37-35-38-42-46-49(51)52)44-40-36-33-31-29-27-25-18-16-14-12-10-8-6-4-2/h15,17,20-21,48H,3-14,16,18-19,22-47H2,1-2H3,(H,51,52)/b17-15-,21-20-. The van der Waals surface area contributed by atoms with E-state index < -0.39 is 5.97 Å². The van der Waals surface area contributed by atoms with E-state index in [2.05, 4.69) is 38.2 Å². The summed E-state index contributed by atoms with van der Waals surface area (Å²) in [5.74, 6) is -0.692. The molecule has 0 saturated carbocycles. The molecule has 318 valence electrons. The van der Waals surface area contributed by atoms with Crippen LogP contribution < -0.4 is 0 Å². The third-order valence-corrected chi connectivity index (χ3v) is 11.2.